The zero-order valence-corrected chi connectivity index (χ0v) is 16.0. The largest absolute Gasteiger partial charge is 0.327 e. The lowest BCUT2D eigenvalue weighted by atomic mass is 9.81. The highest BCUT2D eigenvalue weighted by Crippen LogP contribution is 2.33. The Bertz CT molecular complexity index is 831. The Morgan fingerprint density at radius 1 is 1.33 bits per heavy atom. The van der Waals surface area contributed by atoms with Gasteiger partial charge < -0.3 is 5.73 Å². The summed E-state index contributed by atoms with van der Waals surface area (Å²) in [5.74, 6) is 0. The molecule has 1 unspecified atom stereocenters. The van der Waals surface area contributed by atoms with Crippen molar-refractivity contribution in [2.75, 3.05) is 13.1 Å². The fourth-order valence-corrected chi connectivity index (χ4v) is 5.59. The van der Waals surface area contributed by atoms with Crippen molar-refractivity contribution in [2.45, 2.75) is 31.3 Å². The maximum atomic E-state index is 12.9. The number of thiazole rings is 1. The molecule has 130 valence electrons. The van der Waals surface area contributed by atoms with Gasteiger partial charge in [0.2, 0.25) is 0 Å². The van der Waals surface area contributed by atoms with E-state index in [1.165, 1.54) is 15.6 Å². The van der Waals surface area contributed by atoms with Crippen molar-refractivity contribution in [1.29, 1.82) is 0 Å². The van der Waals surface area contributed by atoms with Gasteiger partial charge in [0.1, 0.15) is 5.01 Å². The predicted molar refractivity (Wildman–Crippen MR) is 97.7 cm³/mol. The van der Waals surface area contributed by atoms with Crippen LogP contribution in [0.5, 0.6) is 0 Å². The highest BCUT2D eigenvalue weighted by molar-refractivity contribution is 7.89. The zero-order valence-electron chi connectivity index (χ0n) is 13.6. The van der Waals surface area contributed by atoms with E-state index in [-0.39, 0.29) is 16.5 Å². The van der Waals surface area contributed by atoms with E-state index in [1.54, 1.807) is 17.5 Å². The molecule has 3 rings (SSSR count). The van der Waals surface area contributed by atoms with Crippen LogP contribution in [0.4, 0.5) is 0 Å². The minimum atomic E-state index is -3.60. The van der Waals surface area contributed by atoms with Gasteiger partial charge in [-0.1, -0.05) is 37.6 Å². The van der Waals surface area contributed by atoms with Crippen molar-refractivity contribution in [2.24, 2.45) is 11.1 Å². The van der Waals surface area contributed by atoms with Crippen LogP contribution >= 0.6 is 22.9 Å². The topological polar surface area (TPSA) is 76.3 Å². The number of benzene rings is 1. The molecule has 1 aromatic heterocycles. The molecule has 0 bridgehead atoms. The van der Waals surface area contributed by atoms with Crippen LogP contribution in [-0.4, -0.2) is 36.8 Å². The molecule has 0 spiro atoms. The van der Waals surface area contributed by atoms with E-state index in [2.05, 4.69) is 4.98 Å². The first-order valence-corrected chi connectivity index (χ1v) is 10.4. The molecule has 24 heavy (non-hydrogen) atoms. The normalized spacial score (nSPS) is 21.8. The first-order valence-electron chi connectivity index (χ1n) is 7.67. The van der Waals surface area contributed by atoms with Gasteiger partial charge in [-0.3, -0.25) is 0 Å². The van der Waals surface area contributed by atoms with E-state index in [0.717, 1.165) is 5.56 Å². The van der Waals surface area contributed by atoms with Crippen molar-refractivity contribution < 1.29 is 8.42 Å². The highest BCUT2D eigenvalue weighted by atomic mass is 35.5. The van der Waals surface area contributed by atoms with E-state index < -0.39 is 10.0 Å². The lowest BCUT2D eigenvalue weighted by Crippen LogP contribution is -2.53. The number of halogens is 1. The molecule has 1 aliphatic rings. The number of nitrogens with zero attached hydrogens (tertiary/aromatic N) is 2. The summed E-state index contributed by atoms with van der Waals surface area (Å²) >= 11 is 7.20. The van der Waals surface area contributed by atoms with Gasteiger partial charge in [0.25, 0.3) is 10.0 Å². The van der Waals surface area contributed by atoms with E-state index in [0.29, 0.717) is 29.5 Å². The van der Waals surface area contributed by atoms with Crippen LogP contribution in [0.1, 0.15) is 20.3 Å². The summed E-state index contributed by atoms with van der Waals surface area (Å²) in [4.78, 5) is 4.34. The third-order valence-electron chi connectivity index (χ3n) is 4.46. The molecule has 1 aromatic carbocycles. The quantitative estimate of drug-likeness (QED) is 0.880. The molecule has 1 aliphatic heterocycles. The first kappa shape index (κ1) is 17.8. The summed E-state index contributed by atoms with van der Waals surface area (Å²) < 4.78 is 27.3. The van der Waals surface area contributed by atoms with Crippen LogP contribution in [0.2, 0.25) is 5.02 Å². The van der Waals surface area contributed by atoms with E-state index in [1.807, 2.05) is 26.0 Å². The fourth-order valence-electron chi connectivity index (χ4n) is 2.76. The van der Waals surface area contributed by atoms with Gasteiger partial charge in [0, 0.05) is 35.1 Å². The van der Waals surface area contributed by atoms with Crippen LogP contribution in [0.3, 0.4) is 0 Å². The summed E-state index contributed by atoms with van der Waals surface area (Å²) in [6.07, 6.45) is 0.653. The van der Waals surface area contributed by atoms with Gasteiger partial charge in [-0.25, -0.2) is 13.4 Å². The molecule has 8 heteroatoms. The van der Waals surface area contributed by atoms with Gasteiger partial charge in [-0.2, -0.15) is 4.31 Å². The summed E-state index contributed by atoms with van der Waals surface area (Å²) in [7, 11) is -3.60. The SMILES string of the molecule is CC1(C)CN(S(=O)(=O)c2csc(-c3ccc(Cl)cc3)n2)CCC1N. The monoisotopic (exact) mass is 385 g/mol. The Morgan fingerprint density at radius 3 is 2.62 bits per heavy atom. The number of rotatable bonds is 3. The van der Waals surface area contributed by atoms with Crippen molar-refractivity contribution in [3.63, 3.8) is 0 Å². The molecule has 0 amide bonds. The van der Waals surface area contributed by atoms with Crippen molar-refractivity contribution >= 4 is 33.0 Å². The average Bonchev–Trinajstić information content (AvgIpc) is 3.01. The minimum Gasteiger partial charge on any atom is -0.327 e. The van der Waals surface area contributed by atoms with E-state index in [4.69, 9.17) is 17.3 Å². The van der Waals surface area contributed by atoms with Crippen molar-refractivity contribution in [1.82, 2.24) is 9.29 Å². The zero-order chi connectivity index (χ0) is 17.5. The Kier molecular flexibility index (Phi) is 4.74. The number of aromatic nitrogens is 1. The molecule has 1 atom stereocenters. The molecular weight excluding hydrogens is 366 g/mol. The standard InChI is InChI=1S/C16H20ClN3O2S2/c1-16(2)10-20(8-7-13(16)18)24(21,22)14-9-23-15(19-14)11-3-5-12(17)6-4-11/h3-6,9,13H,7-8,10,18H2,1-2H3. The molecule has 2 N–H and O–H groups in total. The Labute approximate surface area is 151 Å². The molecule has 5 nitrogen and oxygen atoms in total. The van der Waals surface area contributed by atoms with Crippen LogP contribution in [-0.2, 0) is 10.0 Å². The predicted octanol–water partition coefficient (Wildman–Crippen LogP) is 3.21. The Morgan fingerprint density at radius 2 is 2.00 bits per heavy atom. The number of nitrogens with two attached hydrogens (primary N) is 1. The summed E-state index contributed by atoms with van der Waals surface area (Å²) in [5, 5.41) is 3.00. The van der Waals surface area contributed by atoms with Crippen LogP contribution < -0.4 is 5.73 Å². The molecular formula is C16H20ClN3O2S2. The van der Waals surface area contributed by atoms with E-state index in [9.17, 15) is 8.42 Å². The second-order valence-electron chi connectivity index (χ2n) is 6.72. The fraction of sp³-hybridized carbons (Fsp3) is 0.438. The van der Waals surface area contributed by atoms with Gasteiger partial charge in [0.05, 0.1) is 0 Å². The number of piperidine rings is 1. The molecule has 0 radical (unpaired) electrons. The number of hydrogen-bond acceptors (Lipinski definition) is 5. The Hall–Kier alpha value is -0.990. The maximum Gasteiger partial charge on any atom is 0.261 e. The molecule has 2 heterocycles. The second kappa shape index (κ2) is 6.38. The smallest absolute Gasteiger partial charge is 0.261 e. The lowest BCUT2D eigenvalue weighted by Gasteiger charge is -2.41. The van der Waals surface area contributed by atoms with Crippen molar-refractivity contribution in [3.05, 3.63) is 34.7 Å². The maximum absolute atomic E-state index is 12.9. The highest BCUT2D eigenvalue weighted by Gasteiger charge is 2.39. The summed E-state index contributed by atoms with van der Waals surface area (Å²) in [6, 6.07) is 7.20. The van der Waals surface area contributed by atoms with Crippen LogP contribution in [0, 0.1) is 5.41 Å². The minimum absolute atomic E-state index is 0.00371. The second-order valence-corrected chi connectivity index (χ2v) is 9.90. The molecule has 1 saturated heterocycles. The van der Waals surface area contributed by atoms with Crippen molar-refractivity contribution in [3.8, 4) is 10.6 Å². The average molecular weight is 386 g/mol. The van der Waals surface area contributed by atoms with Gasteiger partial charge in [0.15, 0.2) is 5.03 Å². The van der Waals surface area contributed by atoms with Crippen LogP contribution in [0.25, 0.3) is 10.6 Å². The van der Waals surface area contributed by atoms with Crippen LogP contribution in [0.15, 0.2) is 34.7 Å². The first-order chi connectivity index (χ1) is 11.2. The van der Waals surface area contributed by atoms with Gasteiger partial charge >= 0.3 is 0 Å². The van der Waals surface area contributed by atoms with Gasteiger partial charge in [-0.15, -0.1) is 11.3 Å². The summed E-state index contributed by atoms with van der Waals surface area (Å²) in [6.45, 7) is 4.84. The molecule has 1 fully saturated rings. The molecule has 0 aliphatic carbocycles. The molecule has 2 aromatic rings. The third-order valence-corrected chi connectivity index (χ3v) is 7.48. The van der Waals surface area contributed by atoms with Gasteiger partial charge in [-0.05, 0) is 24.0 Å². The number of hydrogen-bond donors (Lipinski definition) is 1. The number of sulfonamides is 1. The third kappa shape index (κ3) is 3.36. The summed E-state index contributed by atoms with van der Waals surface area (Å²) in [5.41, 5.74) is 6.71. The molecule has 0 saturated carbocycles. The Balaban J connectivity index is 1.87. The lowest BCUT2D eigenvalue weighted by molar-refractivity contribution is 0.155. The van der Waals surface area contributed by atoms with E-state index >= 15 is 0 Å².